The van der Waals surface area contributed by atoms with Gasteiger partial charge in [0.15, 0.2) is 0 Å². The highest BCUT2D eigenvalue weighted by atomic mass is 32.2. The van der Waals surface area contributed by atoms with Crippen LogP contribution in [-0.4, -0.2) is 22.5 Å². The number of benzene rings is 1. The van der Waals surface area contributed by atoms with Gasteiger partial charge in [-0.1, -0.05) is 12.1 Å². The number of aliphatic imine (C=N–C) groups is 1. The first-order valence-corrected chi connectivity index (χ1v) is 5.24. The van der Waals surface area contributed by atoms with E-state index in [9.17, 15) is 4.79 Å². The third kappa shape index (κ3) is 1.96. The fourth-order valence-electron chi connectivity index (χ4n) is 1.30. The summed E-state index contributed by atoms with van der Waals surface area (Å²) in [5.74, 6) is -0.132. The van der Waals surface area contributed by atoms with Crippen molar-refractivity contribution in [2.24, 2.45) is 4.99 Å². The monoisotopic (exact) mass is 207 g/mol. The molecule has 1 aliphatic rings. The number of hydrogen-bond donors (Lipinski definition) is 1. The van der Waals surface area contributed by atoms with Crippen LogP contribution in [0.25, 0.3) is 0 Å². The van der Waals surface area contributed by atoms with Gasteiger partial charge in [-0.2, -0.15) is 0 Å². The molecule has 0 aromatic heterocycles. The van der Waals surface area contributed by atoms with Crippen LogP contribution in [0.5, 0.6) is 0 Å². The van der Waals surface area contributed by atoms with Gasteiger partial charge in [0.2, 0.25) is 0 Å². The Hall–Kier alpha value is -1.29. The minimum absolute atomic E-state index is 0.0430. The van der Waals surface area contributed by atoms with Crippen molar-refractivity contribution in [2.45, 2.75) is 11.3 Å². The molecule has 3 nitrogen and oxygen atoms in total. The van der Waals surface area contributed by atoms with Gasteiger partial charge in [0.1, 0.15) is 0 Å². The van der Waals surface area contributed by atoms with Gasteiger partial charge in [0.05, 0.1) is 12.1 Å². The summed E-state index contributed by atoms with van der Waals surface area (Å²) >= 11 is 1.64. The summed E-state index contributed by atoms with van der Waals surface area (Å²) in [6, 6.07) is 7.78. The summed E-state index contributed by atoms with van der Waals surface area (Å²) in [4.78, 5) is 15.9. The molecule has 0 radical (unpaired) electrons. The van der Waals surface area contributed by atoms with Gasteiger partial charge in [-0.05, 0) is 12.1 Å². The van der Waals surface area contributed by atoms with Crippen molar-refractivity contribution in [3.63, 3.8) is 0 Å². The maximum Gasteiger partial charge on any atom is 0.309 e. The van der Waals surface area contributed by atoms with Crippen LogP contribution >= 0.6 is 11.8 Å². The summed E-state index contributed by atoms with van der Waals surface area (Å²) in [6.45, 7) is 0. The molecule has 14 heavy (non-hydrogen) atoms. The van der Waals surface area contributed by atoms with Crippen LogP contribution in [0.3, 0.4) is 0 Å². The van der Waals surface area contributed by atoms with Gasteiger partial charge in [-0.15, -0.1) is 11.8 Å². The largest absolute Gasteiger partial charge is 0.481 e. The van der Waals surface area contributed by atoms with Crippen molar-refractivity contribution in [2.75, 3.05) is 5.75 Å². The molecule has 72 valence electrons. The predicted molar refractivity (Wildman–Crippen MR) is 56.5 cm³/mol. The zero-order valence-electron chi connectivity index (χ0n) is 7.43. The van der Waals surface area contributed by atoms with Gasteiger partial charge in [-0.25, -0.2) is 0 Å². The zero-order valence-corrected chi connectivity index (χ0v) is 8.25. The van der Waals surface area contributed by atoms with Crippen LogP contribution in [0, 0.1) is 0 Å². The fourth-order valence-corrected chi connectivity index (χ4v) is 2.23. The van der Waals surface area contributed by atoms with Crippen LogP contribution in [0.2, 0.25) is 0 Å². The summed E-state index contributed by atoms with van der Waals surface area (Å²) in [5.41, 5.74) is 1.63. The molecule has 0 fully saturated rings. The SMILES string of the molecule is O=C(O)CC1=Nc2ccccc2SC1. The average Bonchev–Trinajstić information content (AvgIpc) is 2.17. The van der Waals surface area contributed by atoms with Crippen molar-refractivity contribution < 1.29 is 9.90 Å². The molecular formula is C10H9NO2S. The van der Waals surface area contributed by atoms with E-state index in [1.54, 1.807) is 11.8 Å². The minimum atomic E-state index is -0.816. The highest BCUT2D eigenvalue weighted by molar-refractivity contribution is 8.00. The lowest BCUT2D eigenvalue weighted by Gasteiger charge is -2.13. The fraction of sp³-hybridized carbons (Fsp3) is 0.200. The Morgan fingerprint density at radius 1 is 1.50 bits per heavy atom. The maximum absolute atomic E-state index is 10.5. The van der Waals surface area contributed by atoms with Gasteiger partial charge in [0.25, 0.3) is 0 Å². The Labute approximate surface area is 85.9 Å². The molecule has 0 atom stereocenters. The van der Waals surface area contributed by atoms with E-state index in [0.717, 1.165) is 16.3 Å². The Balaban J connectivity index is 2.26. The lowest BCUT2D eigenvalue weighted by Crippen LogP contribution is -2.11. The molecule has 1 aromatic rings. The zero-order chi connectivity index (χ0) is 9.97. The third-order valence-corrected chi connectivity index (χ3v) is 3.03. The lowest BCUT2D eigenvalue weighted by molar-refractivity contribution is -0.135. The maximum atomic E-state index is 10.5. The van der Waals surface area contributed by atoms with Crippen LogP contribution in [-0.2, 0) is 4.79 Å². The number of nitrogens with zero attached hydrogens (tertiary/aromatic N) is 1. The van der Waals surface area contributed by atoms with Crippen molar-refractivity contribution >= 4 is 29.1 Å². The molecule has 0 aliphatic carbocycles. The molecule has 0 unspecified atom stereocenters. The number of hydrogen-bond acceptors (Lipinski definition) is 3. The number of carbonyl (C=O) groups is 1. The van der Waals surface area contributed by atoms with E-state index in [1.807, 2.05) is 24.3 Å². The van der Waals surface area contributed by atoms with Crippen molar-refractivity contribution in [1.29, 1.82) is 0 Å². The lowest BCUT2D eigenvalue weighted by atomic mass is 10.2. The van der Waals surface area contributed by atoms with E-state index < -0.39 is 5.97 Å². The van der Waals surface area contributed by atoms with E-state index in [4.69, 9.17) is 5.11 Å². The molecule has 0 spiro atoms. The van der Waals surface area contributed by atoms with Gasteiger partial charge < -0.3 is 5.11 Å². The van der Waals surface area contributed by atoms with Crippen molar-refractivity contribution in [3.05, 3.63) is 24.3 Å². The quantitative estimate of drug-likeness (QED) is 0.809. The van der Waals surface area contributed by atoms with Gasteiger partial charge >= 0.3 is 5.97 Å². The van der Waals surface area contributed by atoms with Crippen LogP contribution in [0.15, 0.2) is 34.2 Å². The molecule has 1 heterocycles. The first-order valence-electron chi connectivity index (χ1n) is 4.26. The molecule has 0 amide bonds. The Bertz CT molecular complexity index is 401. The standard InChI is InChI=1S/C10H9NO2S/c12-10(13)5-7-6-14-9-4-2-1-3-8(9)11-7/h1-4H,5-6H2,(H,12,13). The molecular weight excluding hydrogens is 198 g/mol. The van der Waals surface area contributed by atoms with E-state index in [1.165, 1.54) is 0 Å². The number of carboxylic acid groups (broad SMARTS) is 1. The average molecular weight is 207 g/mol. The summed E-state index contributed by atoms with van der Waals surface area (Å²) in [6.07, 6.45) is 0.0430. The van der Waals surface area contributed by atoms with E-state index in [0.29, 0.717) is 5.75 Å². The number of rotatable bonds is 2. The second-order valence-electron chi connectivity index (χ2n) is 3.00. The molecule has 1 aliphatic heterocycles. The van der Waals surface area contributed by atoms with Gasteiger partial charge in [0, 0.05) is 16.4 Å². The first kappa shape index (κ1) is 9.27. The molecule has 0 saturated carbocycles. The highest BCUT2D eigenvalue weighted by Gasteiger charge is 2.13. The summed E-state index contributed by atoms with van der Waals surface area (Å²) in [7, 11) is 0. The molecule has 1 N–H and O–H groups in total. The van der Waals surface area contributed by atoms with E-state index in [-0.39, 0.29) is 6.42 Å². The second kappa shape index (κ2) is 3.84. The van der Waals surface area contributed by atoms with Gasteiger partial charge in [-0.3, -0.25) is 9.79 Å². The molecule has 2 rings (SSSR count). The van der Waals surface area contributed by atoms with E-state index in [2.05, 4.69) is 4.99 Å². The van der Waals surface area contributed by atoms with Crippen molar-refractivity contribution in [1.82, 2.24) is 0 Å². The predicted octanol–water partition coefficient (Wildman–Crippen LogP) is 2.34. The Morgan fingerprint density at radius 3 is 3.07 bits per heavy atom. The number of thioether (sulfide) groups is 1. The Kier molecular flexibility index (Phi) is 2.54. The molecule has 1 aromatic carbocycles. The number of para-hydroxylation sites is 1. The first-order chi connectivity index (χ1) is 6.75. The topological polar surface area (TPSA) is 49.7 Å². The minimum Gasteiger partial charge on any atom is -0.481 e. The van der Waals surface area contributed by atoms with E-state index >= 15 is 0 Å². The van der Waals surface area contributed by atoms with Crippen molar-refractivity contribution in [3.8, 4) is 0 Å². The van der Waals surface area contributed by atoms with Crippen LogP contribution < -0.4 is 0 Å². The number of fused-ring (bicyclic) bond motifs is 1. The number of aliphatic carboxylic acids is 1. The summed E-state index contributed by atoms with van der Waals surface area (Å²) in [5, 5.41) is 8.62. The molecule has 0 saturated heterocycles. The highest BCUT2D eigenvalue weighted by Crippen LogP contribution is 2.33. The third-order valence-electron chi connectivity index (χ3n) is 1.89. The molecule has 0 bridgehead atoms. The summed E-state index contributed by atoms with van der Waals surface area (Å²) < 4.78 is 0. The number of carboxylic acids is 1. The van der Waals surface area contributed by atoms with Crippen LogP contribution in [0.1, 0.15) is 6.42 Å². The molecule has 4 heteroatoms. The Morgan fingerprint density at radius 2 is 2.29 bits per heavy atom. The smallest absolute Gasteiger partial charge is 0.309 e. The normalized spacial score (nSPS) is 14.4. The second-order valence-corrected chi connectivity index (χ2v) is 4.02. The van der Waals surface area contributed by atoms with Crippen LogP contribution in [0.4, 0.5) is 5.69 Å².